The predicted molar refractivity (Wildman–Crippen MR) is 313 cm³/mol. The monoisotopic (exact) mass is 962 g/mol. The molecule has 0 saturated carbocycles. The first-order chi connectivity index (χ1) is 37.7. The zero-order valence-corrected chi connectivity index (χ0v) is 41.5. The molecule has 3 aliphatic carbocycles. The Labute approximate surface area is 441 Å². The summed E-state index contributed by atoms with van der Waals surface area (Å²) < 4.78 is 2.56. The molecule has 0 bridgehead atoms. The first-order valence-electron chi connectivity index (χ1n) is 26.6. The van der Waals surface area contributed by atoms with Gasteiger partial charge in [-0.05, 0) is 143 Å². The molecular weight excluding hydrogens is 917 g/mol. The van der Waals surface area contributed by atoms with Crippen LogP contribution in [0.25, 0.3) is 83.1 Å². The van der Waals surface area contributed by atoms with E-state index in [9.17, 15) is 0 Å². The van der Waals surface area contributed by atoms with E-state index in [1.807, 2.05) is 0 Å². The van der Waals surface area contributed by atoms with Crippen LogP contribution in [0.4, 0.5) is 17.1 Å². The van der Waals surface area contributed by atoms with Crippen molar-refractivity contribution < 1.29 is 0 Å². The maximum absolute atomic E-state index is 2.56. The molecule has 2 nitrogen and oxygen atoms in total. The van der Waals surface area contributed by atoms with Gasteiger partial charge in [0.1, 0.15) is 0 Å². The number of para-hydroxylation sites is 3. The lowest BCUT2D eigenvalue weighted by Crippen LogP contribution is -2.33. The van der Waals surface area contributed by atoms with Crippen LogP contribution in [-0.2, 0) is 10.8 Å². The van der Waals surface area contributed by atoms with Crippen molar-refractivity contribution in [3.05, 3.63) is 324 Å². The van der Waals surface area contributed by atoms with Gasteiger partial charge >= 0.3 is 0 Å². The Morgan fingerprint density at radius 3 is 1.34 bits per heavy atom. The van der Waals surface area contributed by atoms with Crippen LogP contribution in [0.2, 0.25) is 0 Å². The molecule has 17 rings (SSSR count). The van der Waals surface area contributed by atoms with Gasteiger partial charge in [0.2, 0.25) is 0 Å². The van der Waals surface area contributed by atoms with Gasteiger partial charge in [-0.15, -0.1) is 0 Å². The Morgan fingerprint density at radius 2 is 0.711 bits per heavy atom. The summed E-state index contributed by atoms with van der Waals surface area (Å²) in [5.74, 6) is 0. The molecule has 352 valence electrons. The van der Waals surface area contributed by atoms with E-state index in [1.54, 1.807) is 0 Å². The number of rotatable bonds is 5. The van der Waals surface area contributed by atoms with Gasteiger partial charge < -0.3 is 9.47 Å². The first-order valence-corrected chi connectivity index (χ1v) is 26.6. The highest BCUT2D eigenvalue weighted by Gasteiger charge is 2.53. The van der Waals surface area contributed by atoms with Gasteiger partial charge in [0, 0.05) is 27.7 Å². The molecule has 1 aromatic heterocycles. The van der Waals surface area contributed by atoms with Gasteiger partial charge in [-0.1, -0.05) is 231 Å². The zero-order chi connectivity index (χ0) is 49.7. The van der Waals surface area contributed by atoms with Crippen LogP contribution in [0, 0.1) is 0 Å². The minimum Gasteiger partial charge on any atom is -0.310 e. The summed E-state index contributed by atoms with van der Waals surface area (Å²) >= 11 is 0. The Kier molecular flexibility index (Phi) is 8.44. The summed E-state index contributed by atoms with van der Waals surface area (Å²) in [4.78, 5) is 2.54. The lowest BCUT2D eigenvalue weighted by molar-refractivity contribution is 0.748. The van der Waals surface area contributed by atoms with Crippen molar-refractivity contribution in [3.63, 3.8) is 0 Å². The Hall–Kier alpha value is -9.76. The van der Waals surface area contributed by atoms with Gasteiger partial charge in [0.25, 0.3) is 0 Å². The van der Waals surface area contributed by atoms with Gasteiger partial charge in [-0.2, -0.15) is 0 Å². The summed E-state index contributed by atoms with van der Waals surface area (Å²) in [6, 6.07) is 105. The molecule has 12 aromatic carbocycles. The third-order valence-electron chi connectivity index (χ3n) is 17.6. The standard InChI is InChI=1S/C74H46N2/c1-2-20-47(21-3-1)48-22-18-23-49(44-48)52-24-9-16-38-69(52)75(51-40-42-58-57-29-8-12-33-63(57)73(68(58)46-51)61-31-10-4-25-53(61)54-26-5-11-32-62(54)73)50-41-43-70-60(45-50)59-30-19-37-67-72(59)76(70)71-39-17-15-36-66(71)74(67)64-34-13-6-27-55(64)56-28-7-14-35-65(56)74/h1-46H. The number of aromatic nitrogens is 1. The second kappa shape index (κ2) is 15.4. The molecule has 4 aliphatic rings. The van der Waals surface area contributed by atoms with Crippen molar-refractivity contribution in [2.24, 2.45) is 0 Å². The second-order valence-electron chi connectivity index (χ2n) is 21.0. The molecule has 0 radical (unpaired) electrons. The first kappa shape index (κ1) is 41.7. The fourth-order valence-electron chi connectivity index (χ4n) is 14.8. The normalized spacial score (nSPS) is 14.0. The quantitative estimate of drug-likeness (QED) is 0.167. The Balaban J connectivity index is 0.942. The Bertz CT molecular complexity index is 4500. The summed E-state index contributed by atoms with van der Waals surface area (Å²) in [5.41, 5.74) is 29.2. The molecule has 2 spiro atoms. The number of hydrogen-bond acceptors (Lipinski definition) is 1. The smallest absolute Gasteiger partial charge is 0.0754 e. The highest BCUT2D eigenvalue weighted by molar-refractivity contribution is 6.14. The van der Waals surface area contributed by atoms with Crippen LogP contribution in [0.5, 0.6) is 0 Å². The summed E-state index contributed by atoms with van der Waals surface area (Å²) in [5, 5.41) is 2.47. The molecule has 0 saturated heterocycles. The number of benzene rings is 12. The third-order valence-corrected chi connectivity index (χ3v) is 17.6. The lowest BCUT2D eigenvalue weighted by atomic mass is 9.65. The maximum Gasteiger partial charge on any atom is 0.0754 e. The van der Waals surface area contributed by atoms with E-state index in [0.717, 1.165) is 28.2 Å². The Morgan fingerprint density at radius 1 is 0.263 bits per heavy atom. The molecule has 1 aliphatic heterocycles. The second-order valence-corrected chi connectivity index (χ2v) is 21.0. The fraction of sp³-hybridized carbons (Fsp3) is 0.0270. The van der Waals surface area contributed by atoms with Crippen molar-refractivity contribution in [2.45, 2.75) is 10.8 Å². The molecule has 0 unspecified atom stereocenters. The minimum absolute atomic E-state index is 0.481. The van der Waals surface area contributed by atoms with Crippen molar-refractivity contribution >= 4 is 38.9 Å². The number of nitrogens with zero attached hydrogens (tertiary/aromatic N) is 2. The number of hydrogen-bond donors (Lipinski definition) is 0. The molecular formula is C74H46N2. The molecule has 76 heavy (non-hydrogen) atoms. The van der Waals surface area contributed by atoms with E-state index in [2.05, 4.69) is 289 Å². The SMILES string of the molecule is c1ccc(-c2cccc(-c3ccccc3N(c3ccc4c(c3)C3(c5ccccc5-c5ccccc53)c3ccccc3-4)c3ccc4c(c3)c3cccc5c3n4-c3ccccc3C53c4ccccc4-c4ccccc43)c2)cc1. The van der Waals surface area contributed by atoms with Crippen molar-refractivity contribution in [2.75, 3.05) is 4.90 Å². The maximum atomic E-state index is 2.56. The van der Waals surface area contributed by atoms with E-state index in [4.69, 9.17) is 0 Å². The zero-order valence-electron chi connectivity index (χ0n) is 41.5. The van der Waals surface area contributed by atoms with Gasteiger partial charge in [0.15, 0.2) is 0 Å². The highest BCUT2D eigenvalue weighted by Crippen LogP contribution is 2.64. The van der Waals surface area contributed by atoms with Crippen molar-refractivity contribution in [1.29, 1.82) is 0 Å². The van der Waals surface area contributed by atoms with Gasteiger partial charge in [0.05, 0.1) is 33.2 Å². The molecule has 0 fully saturated rings. The largest absolute Gasteiger partial charge is 0.310 e. The molecule has 2 heterocycles. The van der Waals surface area contributed by atoms with Crippen LogP contribution >= 0.6 is 0 Å². The van der Waals surface area contributed by atoms with Crippen LogP contribution < -0.4 is 4.90 Å². The van der Waals surface area contributed by atoms with E-state index < -0.39 is 10.8 Å². The van der Waals surface area contributed by atoms with Crippen molar-refractivity contribution in [1.82, 2.24) is 4.57 Å². The molecule has 0 N–H and O–H groups in total. The van der Waals surface area contributed by atoms with Gasteiger partial charge in [-0.25, -0.2) is 0 Å². The van der Waals surface area contributed by atoms with E-state index in [-0.39, 0.29) is 0 Å². The summed E-state index contributed by atoms with van der Waals surface area (Å²) in [6.07, 6.45) is 0. The highest BCUT2D eigenvalue weighted by atomic mass is 15.1. The molecule has 0 atom stereocenters. The van der Waals surface area contributed by atoms with E-state index >= 15 is 0 Å². The summed E-state index contributed by atoms with van der Waals surface area (Å²) in [7, 11) is 0. The van der Waals surface area contributed by atoms with E-state index in [0.29, 0.717) is 0 Å². The molecule has 2 heteroatoms. The molecule has 13 aromatic rings. The minimum atomic E-state index is -0.492. The number of anilines is 3. The number of fused-ring (bicyclic) bond motifs is 22. The average molecular weight is 963 g/mol. The van der Waals surface area contributed by atoms with Gasteiger partial charge in [-0.3, -0.25) is 0 Å². The van der Waals surface area contributed by atoms with Crippen LogP contribution in [-0.4, -0.2) is 4.57 Å². The predicted octanol–water partition coefficient (Wildman–Crippen LogP) is 18.6. The lowest BCUT2D eigenvalue weighted by Gasteiger charge is -2.39. The average Bonchev–Trinajstić information content (AvgIpc) is 4.05. The molecule has 0 amide bonds. The van der Waals surface area contributed by atoms with Crippen molar-refractivity contribution in [3.8, 4) is 61.3 Å². The third kappa shape index (κ3) is 5.25. The fourth-order valence-corrected chi connectivity index (χ4v) is 14.8. The summed E-state index contributed by atoms with van der Waals surface area (Å²) in [6.45, 7) is 0. The van der Waals surface area contributed by atoms with E-state index in [1.165, 1.54) is 117 Å². The topological polar surface area (TPSA) is 8.17 Å². The van der Waals surface area contributed by atoms with Crippen LogP contribution in [0.1, 0.15) is 44.5 Å². The van der Waals surface area contributed by atoms with Crippen LogP contribution in [0.15, 0.2) is 279 Å². The van der Waals surface area contributed by atoms with Crippen LogP contribution in [0.3, 0.4) is 0 Å².